The molecule has 0 aliphatic heterocycles. The molecule has 2 atom stereocenters. The standard InChI is InChI=1S/C11H10ClNS/c1-8-6-11(8,7-13)14-10-5-3-2-4-9(10)12/h2-5,8H,6H2,1H3. The molecule has 0 aromatic heterocycles. The average molecular weight is 224 g/mol. The van der Waals surface area contributed by atoms with Crippen LogP contribution in [0, 0.1) is 17.2 Å². The molecule has 0 radical (unpaired) electrons. The first-order valence-corrected chi connectivity index (χ1v) is 5.72. The van der Waals surface area contributed by atoms with Crippen molar-refractivity contribution in [2.75, 3.05) is 0 Å². The second-order valence-corrected chi connectivity index (χ2v) is 5.42. The fraction of sp³-hybridized carbons (Fsp3) is 0.364. The van der Waals surface area contributed by atoms with E-state index in [2.05, 4.69) is 13.0 Å². The van der Waals surface area contributed by atoms with Crippen molar-refractivity contribution in [3.05, 3.63) is 29.3 Å². The molecule has 2 unspecified atom stereocenters. The third kappa shape index (κ3) is 1.63. The van der Waals surface area contributed by atoms with E-state index in [1.54, 1.807) is 11.8 Å². The van der Waals surface area contributed by atoms with Gasteiger partial charge < -0.3 is 0 Å². The Balaban J connectivity index is 2.20. The minimum absolute atomic E-state index is 0.217. The number of halogens is 1. The molecule has 2 rings (SSSR count). The lowest BCUT2D eigenvalue weighted by atomic mass is 10.4. The summed E-state index contributed by atoms with van der Waals surface area (Å²) in [6.07, 6.45) is 0.972. The van der Waals surface area contributed by atoms with Gasteiger partial charge in [-0.25, -0.2) is 0 Å². The van der Waals surface area contributed by atoms with Crippen molar-refractivity contribution < 1.29 is 0 Å². The molecule has 1 aromatic rings. The Bertz CT molecular complexity index is 399. The van der Waals surface area contributed by atoms with Crippen LogP contribution in [0.25, 0.3) is 0 Å². The van der Waals surface area contributed by atoms with Crippen LogP contribution in [-0.4, -0.2) is 4.75 Å². The van der Waals surface area contributed by atoms with Crippen LogP contribution in [0.3, 0.4) is 0 Å². The topological polar surface area (TPSA) is 23.8 Å². The Morgan fingerprint density at radius 1 is 1.57 bits per heavy atom. The van der Waals surface area contributed by atoms with Crippen molar-refractivity contribution in [2.45, 2.75) is 23.0 Å². The first kappa shape index (κ1) is 9.89. The van der Waals surface area contributed by atoms with E-state index < -0.39 is 0 Å². The maximum absolute atomic E-state index is 9.07. The highest BCUT2D eigenvalue weighted by molar-refractivity contribution is 8.01. The van der Waals surface area contributed by atoms with Crippen LogP contribution < -0.4 is 0 Å². The van der Waals surface area contributed by atoms with Gasteiger partial charge in [0, 0.05) is 4.90 Å². The first-order valence-electron chi connectivity index (χ1n) is 4.53. The van der Waals surface area contributed by atoms with Crippen LogP contribution in [0.4, 0.5) is 0 Å². The van der Waals surface area contributed by atoms with Crippen molar-refractivity contribution in [1.29, 1.82) is 5.26 Å². The molecule has 0 bridgehead atoms. The lowest BCUT2D eigenvalue weighted by Crippen LogP contribution is -2.00. The monoisotopic (exact) mass is 223 g/mol. The van der Waals surface area contributed by atoms with Crippen LogP contribution in [0.5, 0.6) is 0 Å². The van der Waals surface area contributed by atoms with Crippen LogP contribution in [0.15, 0.2) is 29.2 Å². The zero-order chi connectivity index (χ0) is 10.2. The van der Waals surface area contributed by atoms with Gasteiger partial charge in [0.15, 0.2) is 0 Å². The fourth-order valence-corrected chi connectivity index (χ4v) is 2.98. The number of hydrogen-bond acceptors (Lipinski definition) is 2. The molecule has 0 saturated heterocycles. The minimum atomic E-state index is -0.217. The fourth-order valence-electron chi connectivity index (χ4n) is 1.44. The summed E-state index contributed by atoms with van der Waals surface area (Å²) >= 11 is 7.63. The summed E-state index contributed by atoms with van der Waals surface area (Å²) in [5, 5.41) is 9.81. The third-order valence-electron chi connectivity index (χ3n) is 2.56. The van der Waals surface area contributed by atoms with Gasteiger partial charge in [-0.3, -0.25) is 0 Å². The number of thioether (sulfide) groups is 1. The molecule has 3 heteroatoms. The lowest BCUT2D eigenvalue weighted by Gasteiger charge is -2.07. The summed E-state index contributed by atoms with van der Waals surface area (Å²) in [6.45, 7) is 2.10. The van der Waals surface area contributed by atoms with Crippen molar-refractivity contribution in [2.24, 2.45) is 5.92 Å². The predicted molar refractivity (Wildman–Crippen MR) is 59.4 cm³/mol. The number of benzene rings is 1. The van der Waals surface area contributed by atoms with E-state index in [1.165, 1.54) is 0 Å². The summed E-state index contributed by atoms with van der Waals surface area (Å²) in [4.78, 5) is 1.01. The predicted octanol–water partition coefficient (Wildman–Crippen LogP) is 3.73. The number of rotatable bonds is 2. The minimum Gasteiger partial charge on any atom is -0.197 e. The largest absolute Gasteiger partial charge is 0.197 e. The Kier molecular flexibility index (Phi) is 2.47. The molecule has 0 N–H and O–H groups in total. The zero-order valence-electron chi connectivity index (χ0n) is 7.83. The highest BCUT2D eigenvalue weighted by Gasteiger charge is 2.53. The van der Waals surface area contributed by atoms with E-state index in [0.29, 0.717) is 5.92 Å². The number of nitrogens with zero attached hydrogens (tertiary/aromatic N) is 1. The van der Waals surface area contributed by atoms with Crippen LogP contribution in [0.1, 0.15) is 13.3 Å². The van der Waals surface area contributed by atoms with Crippen molar-refractivity contribution in [1.82, 2.24) is 0 Å². The van der Waals surface area contributed by atoms with Crippen LogP contribution in [0.2, 0.25) is 5.02 Å². The van der Waals surface area contributed by atoms with E-state index in [4.69, 9.17) is 16.9 Å². The highest BCUT2D eigenvalue weighted by atomic mass is 35.5. The van der Waals surface area contributed by atoms with Crippen LogP contribution in [-0.2, 0) is 0 Å². The smallest absolute Gasteiger partial charge is 0.110 e. The quantitative estimate of drug-likeness (QED) is 0.763. The van der Waals surface area contributed by atoms with Gasteiger partial charge in [0.1, 0.15) is 4.75 Å². The van der Waals surface area contributed by atoms with Crippen molar-refractivity contribution in [3.8, 4) is 6.07 Å². The second-order valence-electron chi connectivity index (χ2n) is 3.64. The lowest BCUT2D eigenvalue weighted by molar-refractivity contribution is 0.936. The summed E-state index contributed by atoms with van der Waals surface area (Å²) in [7, 11) is 0. The van der Waals surface area contributed by atoms with Gasteiger partial charge in [-0.2, -0.15) is 5.26 Å². The molecule has 1 saturated carbocycles. The summed E-state index contributed by atoms with van der Waals surface area (Å²) in [5.41, 5.74) is 0. The Morgan fingerprint density at radius 2 is 2.21 bits per heavy atom. The molecule has 0 amide bonds. The summed E-state index contributed by atoms with van der Waals surface area (Å²) in [5.74, 6) is 0.480. The number of nitriles is 1. The van der Waals surface area contributed by atoms with Crippen molar-refractivity contribution >= 4 is 23.4 Å². The SMILES string of the molecule is CC1CC1(C#N)Sc1ccccc1Cl. The van der Waals surface area contributed by atoms with Gasteiger partial charge in [-0.05, 0) is 24.5 Å². The van der Waals surface area contributed by atoms with Gasteiger partial charge in [0.25, 0.3) is 0 Å². The van der Waals surface area contributed by atoms with Gasteiger partial charge in [-0.1, -0.05) is 30.7 Å². The van der Waals surface area contributed by atoms with Gasteiger partial charge in [0.05, 0.1) is 11.1 Å². The maximum atomic E-state index is 9.07. The highest BCUT2D eigenvalue weighted by Crippen LogP contribution is 2.56. The maximum Gasteiger partial charge on any atom is 0.110 e. The number of hydrogen-bond donors (Lipinski definition) is 0. The summed E-state index contributed by atoms with van der Waals surface area (Å²) < 4.78 is -0.217. The average Bonchev–Trinajstić information content (AvgIpc) is 2.82. The van der Waals surface area contributed by atoms with Gasteiger partial charge >= 0.3 is 0 Å². The molecular weight excluding hydrogens is 214 g/mol. The van der Waals surface area contributed by atoms with E-state index in [-0.39, 0.29) is 4.75 Å². The molecule has 1 aromatic carbocycles. The van der Waals surface area contributed by atoms with E-state index >= 15 is 0 Å². The zero-order valence-corrected chi connectivity index (χ0v) is 9.40. The molecule has 14 heavy (non-hydrogen) atoms. The first-order chi connectivity index (χ1) is 6.68. The van der Waals surface area contributed by atoms with E-state index in [9.17, 15) is 0 Å². The molecule has 72 valence electrons. The summed E-state index contributed by atoms with van der Waals surface area (Å²) in [6, 6.07) is 10.1. The Hall–Kier alpha value is -0.650. The molecule has 0 heterocycles. The third-order valence-corrected chi connectivity index (χ3v) is 4.61. The molecule has 1 fully saturated rings. The molecule has 1 aliphatic rings. The Labute approximate surface area is 93.1 Å². The molecule has 1 aliphatic carbocycles. The van der Waals surface area contributed by atoms with Crippen molar-refractivity contribution in [3.63, 3.8) is 0 Å². The second kappa shape index (κ2) is 3.49. The molecule has 1 nitrogen and oxygen atoms in total. The normalized spacial score (nSPS) is 29.6. The van der Waals surface area contributed by atoms with E-state index in [1.807, 2.05) is 24.3 Å². The Morgan fingerprint density at radius 3 is 2.71 bits per heavy atom. The molecular formula is C11H10ClNS. The molecule has 0 spiro atoms. The van der Waals surface area contributed by atoms with Gasteiger partial charge in [0.2, 0.25) is 0 Å². The van der Waals surface area contributed by atoms with E-state index in [0.717, 1.165) is 16.3 Å². The van der Waals surface area contributed by atoms with Crippen LogP contribution >= 0.6 is 23.4 Å². The van der Waals surface area contributed by atoms with Gasteiger partial charge in [-0.15, -0.1) is 11.8 Å².